The molecule has 0 aromatic heterocycles. The summed E-state index contributed by atoms with van der Waals surface area (Å²) in [6, 6.07) is 4.09. The van der Waals surface area contributed by atoms with Crippen molar-refractivity contribution in [2.75, 3.05) is 26.2 Å². The third kappa shape index (κ3) is 3.39. The average Bonchev–Trinajstić information content (AvgIpc) is 2.46. The van der Waals surface area contributed by atoms with Crippen molar-refractivity contribution in [1.82, 2.24) is 9.80 Å². The first-order chi connectivity index (χ1) is 9.90. The maximum atomic E-state index is 13.1. The van der Waals surface area contributed by atoms with Gasteiger partial charge in [0.25, 0.3) is 11.8 Å². The highest BCUT2D eigenvalue weighted by atomic mass is 19.1. The second-order valence-corrected chi connectivity index (χ2v) is 5.25. The lowest BCUT2D eigenvalue weighted by Crippen LogP contribution is -2.52. The van der Waals surface area contributed by atoms with Gasteiger partial charge < -0.3 is 14.9 Å². The van der Waals surface area contributed by atoms with E-state index in [1.54, 1.807) is 16.7 Å². The Balaban J connectivity index is 2.02. The van der Waals surface area contributed by atoms with E-state index in [9.17, 15) is 19.1 Å². The maximum absolute atomic E-state index is 13.1. The summed E-state index contributed by atoms with van der Waals surface area (Å²) >= 11 is 0. The minimum Gasteiger partial charge on any atom is -0.384 e. The van der Waals surface area contributed by atoms with Gasteiger partial charge in [0, 0.05) is 31.7 Å². The number of carbonyl (C=O) groups excluding carboxylic acids is 2. The van der Waals surface area contributed by atoms with Crippen LogP contribution in [0.15, 0.2) is 18.2 Å². The van der Waals surface area contributed by atoms with Gasteiger partial charge in [0.1, 0.15) is 11.9 Å². The molecular weight excluding hydrogens is 275 g/mol. The molecular formula is C15H19FN2O3. The molecule has 1 atom stereocenters. The summed E-state index contributed by atoms with van der Waals surface area (Å²) in [5, 5.41) is 9.28. The summed E-state index contributed by atoms with van der Waals surface area (Å²) in [6.45, 7) is 4.75. The van der Waals surface area contributed by atoms with Gasteiger partial charge in [-0.3, -0.25) is 9.59 Å². The number of benzene rings is 1. The number of piperazine rings is 1. The summed E-state index contributed by atoms with van der Waals surface area (Å²) < 4.78 is 13.1. The molecule has 1 aromatic carbocycles. The number of halogens is 1. The smallest absolute Gasteiger partial charge is 0.254 e. The van der Waals surface area contributed by atoms with E-state index in [2.05, 4.69) is 0 Å². The van der Waals surface area contributed by atoms with Gasteiger partial charge in [0.15, 0.2) is 0 Å². The highest BCUT2D eigenvalue weighted by Crippen LogP contribution is 2.14. The van der Waals surface area contributed by atoms with Crippen LogP contribution in [0.5, 0.6) is 0 Å². The Morgan fingerprint density at radius 1 is 1.19 bits per heavy atom. The molecule has 1 aliphatic rings. The van der Waals surface area contributed by atoms with Crippen molar-refractivity contribution < 1.29 is 19.1 Å². The van der Waals surface area contributed by atoms with E-state index >= 15 is 0 Å². The van der Waals surface area contributed by atoms with E-state index in [1.165, 1.54) is 25.1 Å². The van der Waals surface area contributed by atoms with Crippen molar-refractivity contribution in [3.8, 4) is 0 Å². The zero-order valence-electron chi connectivity index (χ0n) is 12.2. The second kappa shape index (κ2) is 6.22. The van der Waals surface area contributed by atoms with Crippen LogP contribution >= 0.6 is 0 Å². The van der Waals surface area contributed by atoms with E-state index in [4.69, 9.17) is 0 Å². The number of hydrogen-bond acceptors (Lipinski definition) is 3. The third-order valence-corrected chi connectivity index (χ3v) is 3.65. The molecule has 1 aromatic rings. The Kier molecular flexibility index (Phi) is 4.57. The average molecular weight is 294 g/mol. The van der Waals surface area contributed by atoms with Crippen molar-refractivity contribution in [3.63, 3.8) is 0 Å². The number of rotatable bonds is 2. The van der Waals surface area contributed by atoms with Crippen LogP contribution in [0.1, 0.15) is 22.8 Å². The molecule has 5 nitrogen and oxygen atoms in total. The molecule has 1 N–H and O–H groups in total. The van der Waals surface area contributed by atoms with Gasteiger partial charge in [0.05, 0.1) is 0 Å². The Morgan fingerprint density at radius 2 is 1.76 bits per heavy atom. The molecule has 0 aliphatic carbocycles. The lowest BCUT2D eigenvalue weighted by atomic mass is 10.1. The predicted molar refractivity (Wildman–Crippen MR) is 75.3 cm³/mol. The quantitative estimate of drug-likeness (QED) is 0.877. The standard InChI is InChI=1S/C15H19FN2O3/c1-10-9-12(16)3-4-13(10)15(21)18-7-5-17(6-8-18)14(20)11(2)19/h3-4,9,11,19H,5-8H2,1-2H3. The summed E-state index contributed by atoms with van der Waals surface area (Å²) in [4.78, 5) is 27.3. The monoisotopic (exact) mass is 294 g/mol. The maximum Gasteiger partial charge on any atom is 0.254 e. The molecule has 1 unspecified atom stereocenters. The van der Waals surface area contributed by atoms with Crippen LogP contribution in [0.4, 0.5) is 4.39 Å². The van der Waals surface area contributed by atoms with Crippen molar-refractivity contribution in [1.29, 1.82) is 0 Å². The number of aliphatic hydroxyl groups is 1. The molecule has 0 spiro atoms. The zero-order valence-corrected chi connectivity index (χ0v) is 12.2. The normalized spacial score (nSPS) is 16.8. The zero-order chi connectivity index (χ0) is 15.6. The third-order valence-electron chi connectivity index (χ3n) is 3.65. The van der Waals surface area contributed by atoms with Gasteiger partial charge in [-0.15, -0.1) is 0 Å². The van der Waals surface area contributed by atoms with Crippen LogP contribution in [0.2, 0.25) is 0 Å². The van der Waals surface area contributed by atoms with Crippen molar-refractivity contribution in [2.24, 2.45) is 0 Å². The van der Waals surface area contributed by atoms with Crippen molar-refractivity contribution in [3.05, 3.63) is 35.1 Å². The Morgan fingerprint density at radius 3 is 2.29 bits per heavy atom. The van der Waals surface area contributed by atoms with Crippen LogP contribution in [-0.4, -0.2) is 59.0 Å². The molecule has 0 radical (unpaired) electrons. The fourth-order valence-electron chi connectivity index (χ4n) is 2.43. The van der Waals surface area contributed by atoms with Crippen LogP contribution in [0, 0.1) is 12.7 Å². The minimum atomic E-state index is -1.02. The molecule has 2 rings (SSSR count). The Bertz CT molecular complexity index is 552. The summed E-state index contributed by atoms with van der Waals surface area (Å²) in [7, 11) is 0. The molecule has 1 fully saturated rings. The van der Waals surface area contributed by atoms with E-state index in [0.717, 1.165) is 0 Å². The fraction of sp³-hybridized carbons (Fsp3) is 0.467. The molecule has 2 amide bonds. The number of aryl methyl sites for hydroxylation is 1. The molecule has 1 saturated heterocycles. The van der Waals surface area contributed by atoms with Crippen molar-refractivity contribution >= 4 is 11.8 Å². The molecule has 0 saturated carbocycles. The molecule has 1 heterocycles. The van der Waals surface area contributed by atoms with Crippen LogP contribution in [0.25, 0.3) is 0 Å². The Labute approximate surface area is 123 Å². The first kappa shape index (κ1) is 15.4. The van der Waals surface area contributed by atoms with Gasteiger partial charge in [-0.05, 0) is 37.6 Å². The number of carbonyl (C=O) groups is 2. The van der Waals surface area contributed by atoms with Crippen LogP contribution in [-0.2, 0) is 4.79 Å². The first-order valence-corrected chi connectivity index (χ1v) is 6.92. The van der Waals surface area contributed by atoms with Gasteiger partial charge in [-0.1, -0.05) is 0 Å². The lowest BCUT2D eigenvalue weighted by Gasteiger charge is -2.35. The van der Waals surface area contributed by atoms with Gasteiger partial charge in [0.2, 0.25) is 0 Å². The Hall–Kier alpha value is -1.95. The minimum absolute atomic E-state index is 0.156. The first-order valence-electron chi connectivity index (χ1n) is 6.92. The van der Waals surface area contributed by atoms with Gasteiger partial charge in [-0.2, -0.15) is 0 Å². The summed E-state index contributed by atoms with van der Waals surface area (Å²) in [5.41, 5.74) is 1.08. The molecule has 6 heteroatoms. The molecule has 1 aliphatic heterocycles. The van der Waals surface area contributed by atoms with E-state index < -0.39 is 6.10 Å². The molecule has 21 heavy (non-hydrogen) atoms. The van der Waals surface area contributed by atoms with E-state index in [-0.39, 0.29) is 17.6 Å². The highest BCUT2D eigenvalue weighted by Gasteiger charge is 2.27. The number of aliphatic hydroxyl groups excluding tert-OH is 1. The van der Waals surface area contributed by atoms with E-state index in [0.29, 0.717) is 37.3 Å². The predicted octanol–water partition coefficient (Wildman–Crippen LogP) is 0.799. The lowest BCUT2D eigenvalue weighted by molar-refractivity contribution is -0.140. The van der Waals surface area contributed by atoms with Crippen LogP contribution < -0.4 is 0 Å². The topological polar surface area (TPSA) is 60.9 Å². The van der Waals surface area contributed by atoms with Crippen molar-refractivity contribution in [2.45, 2.75) is 20.0 Å². The SMILES string of the molecule is Cc1cc(F)ccc1C(=O)N1CCN(C(=O)C(C)O)CC1. The number of nitrogens with zero attached hydrogens (tertiary/aromatic N) is 2. The van der Waals surface area contributed by atoms with E-state index in [1.807, 2.05) is 0 Å². The molecule has 0 bridgehead atoms. The highest BCUT2D eigenvalue weighted by molar-refractivity contribution is 5.95. The summed E-state index contributed by atoms with van der Waals surface area (Å²) in [6.07, 6.45) is -1.02. The largest absolute Gasteiger partial charge is 0.384 e. The van der Waals surface area contributed by atoms with Gasteiger partial charge in [-0.25, -0.2) is 4.39 Å². The number of amides is 2. The fourth-order valence-corrected chi connectivity index (χ4v) is 2.43. The number of hydrogen-bond donors (Lipinski definition) is 1. The van der Waals surface area contributed by atoms with Crippen LogP contribution in [0.3, 0.4) is 0 Å². The second-order valence-electron chi connectivity index (χ2n) is 5.25. The summed E-state index contributed by atoms with van der Waals surface area (Å²) in [5.74, 6) is -0.840. The van der Waals surface area contributed by atoms with Gasteiger partial charge >= 0.3 is 0 Å². The molecule has 114 valence electrons.